The van der Waals surface area contributed by atoms with Crippen molar-refractivity contribution >= 4 is 29.0 Å². The summed E-state index contributed by atoms with van der Waals surface area (Å²) in [6.45, 7) is 3.98. The maximum atomic E-state index is 12.7. The lowest BCUT2D eigenvalue weighted by Crippen LogP contribution is -2.33. The molecule has 2 aromatic carbocycles. The third kappa shape index (κ3) is 3.82. The molecule has 26 heavy (non-hydrogen) atoms. The first-order valence-corrected chi connectivity index (χ1v) is 8.79. The first-order valence-electron chi connectivity index (χ1n) is 8.79. The fourth-order valence-corrected chi connectivity index (χ4v) is 3.08. The zero-order chi connectivity index (χ0) is 18.7. The summed E-state index contributed by atoms with van der Waals surface area (Å²) < 4.78 is 0. The zero-order valence-electron chi connectivity index (χ0n) is 14.9. The average molecular weight is 350 g/mol. The highest BCUT2D eigenvalue weighted by molar-refractivity contribution is 6.04. The molecule has 0 bridgehead atoms. The van der Waals surface area contributed by atoms with E-state index in [1.165, 1.54) is 6.92 Å². The van der Waals surface area contributed by atoms with Gasteiger partial charge in [-0.2, -0.15) is 0 Å². The number of rotatable bonds is 6. The normalized spacial score (nSPS) is 18.1. The number of carbonyl (C=O) groups excluding carboxylic acids is 3. The molecule has 1 N–H and O–H groups in total. The van der Waals surface area contributed by atoms with Crippen molar-refractivity contribution in [1.29, 1.82) is 0 Å². The molecule has 2 atom stereocenters. The topological polar surface area (TPSA) is 66.5 Å². The van der Waals surface area contributed by atoms with E-state index in [1.807, 2.05) is 37.3 Å². The summed E-state index contributed by atoms with van der Waals surface area (Å²) in [5.74, 6) is -0.848. The number of nitrogens with zero attached hydrogens (tertiary/aromatic N) is 1. The lowest BCUT2D eigenvalue weighted by atomic mass is 10.1. The Morgan fingerprint density at radius 1 is 1.04 bits per heavy atom. The van der Waals surface area contributed by atoms with Gasteiger partial charge in [-0.1, -0.05) is 30.3 Å². The Hall–Kier alpha value is -2.95. The molecule has 134 valence electrons. The quantitative estimate of drug-likeness (QED) is 0.811. The van der Waals surface area contributed by atoms with Crippen LogP contribution in [0, 0.1) is 11.8 Å². The number of hydrogen-bond acceptors (Lipinski definition) is 3. The van der Waals surface area contributed by atoms with E-state index in [9.17, 15) is 14.4 Å². The molecule has 0 aliphatic heterocycles. The molecule has 0 saturated heterocycles. The van der Waals surface area contributed by atoms with Crippen LogP contribution in [0.15, 0.2) is 54.6 Å². The second-order valence-corrected chi connectivity index (χ2v) is 6.49. The molecule has 0 radical (unpaired) electrons. The molecule has 0 spiro atoms. The van der Waals surface area contributed by atoms with Gasteiger partial charge in [0.05, 0.1) is 11.8 Å². The molecule has 5 heteroatoms. The van der Waals surface area contributed by atoms with E-state index < -0.39 is 0 Å². The highest BCUT2D eigenvalue weighted by Crippen LogP contribution is 2.41. The van der Waals surface area contributed by atoms with E-state index in [0.29, 0.717) is 24.2 Å². The second-order valence-electron chi connectivity index (χ2n) is 6.49. The third-order valence-electron chi connectivity index (χ3n) is 4.63. The monoisotopic (exact) mass is 350 g/mol. The van der Waals surface area contributed by atoms with E-state index in [1.54, 1.807) is 29.2 Å². The van der Waals surface area contributed by atoms with Crippen LogP contribution < -0.4 is 10.2 Å². The molecule has 2 amide bonds. The molecule has 1 fully saturated rings. The number of ketones is 1. The SMILES string of the molecule is CCN(C(=O)C1CC1C(=O)Nc1cccc(C(C)=O)c1)c1ccccc1. The number of amides is 2. The minimum atomic E-state index is -0.318. The summed E-state index contributed by atoms with van der Waals surface area (Å²) in [4.78, 5) is 38.4. The van der Waals surface area contributed by atoms with Gasteiger partial charge in [0, 0.05) is 23.5 Å². The van der Waals surface area contributed by atoms with E-state index in [4.69, 9.17) is 0 Å². The van der Waals surface area contributed by atoms with E-state index in [2.05, 4.69) is 5.32 Å². The Morgan fingerprint density at radius 3 is 2.42 bits per heavy atom. The number of para-hydroxylation sites is 1. The van der Waals surface area contributed by atoms with Crippen molar-refractivity contribution < 1.29 is 14.4 Å². The number of carbonyl (C=O) groups is 3. The second kappa shape index (κ2) is 7.52. The van der Waals surface area contributed by atoms with Crippen molar-refractivity contribution in [2.24, 2.45) is 11.8 Å². The molecular formula is C21H22N2O3. The van der Waals surface area contributed by atoms with Crippen molar-refractivity contribution in [2.45, 2.75) is 20.3 Å². The van der Waals surface area contributed by atoms with Gasteiger partial charge in [-0.05, 0) is 44.5 Å². The van der Waals surface area contributed by atoms with Gasteiger partial charge in [0.2, 0.25) is 11.8 Å². The summed E-state index contributed by atoms with van der Waals surface area (Å²) in [6.07, 6.45) is 0.556. The van der Waals surface area contributed by atoms with Crippen molar-refractivity contribution in [1.82, 2.24) is 0 Å². The van der Waals surface area contributed by atoms with Crippen LogP contribution in [0.5, 0.6) is 0 Å². The Kier molecular flexibility index (Phi) is 5.16. The zero-order valence-corrected chi connectivity index (χ0v) is 14.9. The molecule has 0 aromatic heterocycles. The van der Waals surface area contributed by atoms with Crippen LogP contribution in [0.2, 0.25) is 0 Å². The van der Waals surface area contributed by atoms with Crippen molar-refractivity contribution in [3.05, 3.63) is 60.2 Å². The van der Waals surface area contributed by atoms with Gasteiger partial charge >= 0.3 is 0 Å². The van der Waals surface area contributed by atoms with Crippen LogP contribution in [0.1, 0.15) is 30.6 Å². The van der Waals surface area contributed by atoms with Gasteiger partial charge in [0.1, 0.15) is 0 Å². The molecule has 3 rings (SSSR count). The van der Waals surface area contributed by atoms with Crippen LogP contribution in [0.25, 0.3) is 0 Å². The predicted molar refractivity (Wildman–Crippen MR) is 101 cm³/mol. The summed E-state index contributed by atoms with van der Waals surface area (Å²) in [7, 11) is 0. The standard InChI is InChI=1S/C21H22N2O3/c1-3-23(17-10-5-4-6-11-17)21(26)19-13-18(19)20(25)22-16-9-7-8-15(12-16)14(2)24/h4-12,18-19H,3,13H2,1-2H3,(H,22,25). The highest BCUT2D eigenvalue weighted by atomic mass is 16.2. The third-order valence-corrected chi connectivity index (χ3v) is 4.63. The molecular weight excluding hydrogens is 328 g/mol. The van der Waals surface area contributed by atoms with Gasteiger partial charge < -0.3 is 10.2 Å². The maximum absolute atomic E-state index is 12.7. The van der Waals surface area contributed by atoms with Crippen LogP contribution in [0.3, 0.4) is 0 Å². The Morgan fingerprint density at radius 2 is 1.77 bits per heavy atom. The average Bonchev–Trinajstić information content (AvgIpc) is 3.44. The number of anilines is 2. The molecule has 2 unspecified atom stereocenters. The lowest BCUT2D eigenvalue weighted by molar-refractivity contribution is -0.123. The lowest BCUT2D eigenvalue weighted by Gasteiger charge is -2.21. The number of Topliss-reactive ketones (excluding diaryl/α,β-unsaturated/α-hetero) is 1. The van der Waals surface area contributed by atoms with E-state index >= 15 is 0 Å². The van der Waals surface area contributed by atoms with Gasteiger partial charge in [-0.15, -0.1) is 0 Å². The first-order chi connectivity index (χ1) is 12.5. The Labute approximate surface area is 153 Å². The Bertz CT molecular complexity index is 832. The molecule has 5 nitrogen and oxygen atoms in total. The van der Waals surface area contributed by atoms with Crippen LogP contribution >= 0.6 is 0 Å². The first kappa shape index (κ1) is 17.9. The van der Waals surface area contributed by atoms with Crippen LogP contribution in [-0.2, 0) is 9.59 Å². The van der Waals surface area contributed by atoms with Crippen LogP contribution in [0.4, 0.5) is 11.4 Å². The highest BCUT2D eigenvalue weighted by Gasteiger charge is 2.49. The fourth-order valence-electron chi connectivity index (χ4n) is 3.08. The summed E-state index contributed by atoms with van der Waals surface area (Å²) in [5.41, 5.74) is 1.98. The smallest absolute Gasteiger partial charge is 0.230 e. The number of nitrogens with one attached hydrogen (secondary N) is 1. The number of benzene rings is 2. The molecule has 1 saturated carbocycles. The van der Waals surface area contributed by atoms with Gasteiger partial charge in [-0.3, -0.25) is 14.4 Å². The largest absolute Gasteiger partial charge is 0.326 e. The van der Waals surface area contributed by atoms with Gasteiger partial charge in [0.25, 0.3) is 0 Å². The summed E-state index contributed by atoms with van der Waals surface area (Å²) in [5, 5.41) is 2.82. The maximum Gasteiger partial charge on any atom is 0.230 e. The Balaban J connectivity index is 1.64. The minimum Gasteiger partial charge on any atom is -0.326 e. The van der Waals surface area contributed by atoms with Crippen molar-refractivity contribution in [3.63, 3.8) is 0 Å². The molecule has 2 aromatic rings. The fraction of sp³-hybridized carbons (Fsp3) is 0.286. The molecule has 1 aliphatic rings. The summed E-state index contributed by atoms with van der Waals surface area (Å²) >= 11 is 0. The summed E-state index contributed by atoms with van der Waals surface area (Å²) in [6, 6.07) is 16.3. The molecule has 1 aliphatic carbocycles. The molecule has 0 heterocycles. The number of hydrogen-bond donors (Lipinski definition) is 1. The van der Waals surface area contributed by atoms with Crippen molar-refractivity contribution in [3.8, 4) is 0 Å². The minimum absolute atomic E-state index is 0.0173. The van der Waals surface area contributed by atoms with E-state index in [-0.39, 0.29) is 29.4 Å². The van der Waals surface area contributed by atoms with E-state index in [0.717, 1.165) is 5.69 Å². The van der Waals surface area contributed by atoms with Crippen LogP contribution in [-0.4, -0.2) is 24.1 Å². The van der Waals surface area contributed by atoms with Crippen molar-refractivity contribution in [2.75, 3.05) is 16.8 Å². The van der Waals surface area contributed by atoms with Gasteiger partial charge in [-0.25, -0.2) is 0 Å². The van der Waals surface area contributed by atoms with Gasteiger partial charge in [0.15, 0.2) is 5.78 Å². The predicted octanol–water partition coefficient (Wildman–Crippen LogP) is 3.52.